The molecule has 0 aliphatic rings. The van der Waals surface area contributed by atoms with Crippen LogP contribution in [-0.4, -0.2) is 12.1 Å². The molecule has 0 fully saturated rings. The number of rotatable bonds is 3. The highest BCUT2D eigenvalue weighted by molar-refractivity contribution is 14.1. The molecule has 0 bridgehead atoms. The lowest BCUT2D eigenvalue weighted by molar-refractivity contribution is 0.415. The summed E-state index contributed by atoms with van der Waals surface area (Å²) in [4.78, 5) is 14.8. The maximum Gasteiger partial charge on any atom is 0.266 e. The second-order valence-electron chi connectivity index (χ2n) is 4.19. The van der Waals surface area contributed by atoms with E-state index in [0.717, 1.165) is 20.6 Å². The highest BCUT2D eigenvalue weighted by atomic mass is 127. The van der Waals surface area contributed by atoms with Gasteiger partial charge in [0.2, 0.25) is 0 Å². The second kappa shape index (κ2) is 6.09. The summed E-state index contributed by atoms with van der Waals surface area (Å²) in [6.07, 6.45) is 0.711. The largest absolute Gasteiger partial charge is 0.497 e. The molecule has 0 aliphatic heterocycles. The number of nitrogens with zero attached hydrogens (tertiary/aromatic N) is 1. The van der Waals surface area contributed by atoms with Crippen molar-refractivity contribution in [3.63, 3.8) is 0 Å². The summed E-state index contributed by atoms with van der Waals surface area (Å²) < 4.78 is 6.03. The molecule has 1 aromatic carbocycles. The van der Waals surface area contributed by atoms with Crippen molar-refractivity contribution in [2.75, 3.05) is 7.11 Å². The Labute approximate surface area is 130 Å². The number of aromatic nitrogens is 1. The topological polar surface area (TPSA) is 65.9 Å². The van der Waals surface area contributed by atoms with Gasteiger partial charge in [-0.15, -0.1) is 0 Å². The molecule has 0 radical (unpaired) electrons. The first kappa shape index (κ1) is 14.6. The number of H-pyrrole nitrogens is 1. The van der Waals surface area contributed by atoms with E-state index in [1.807, 2.05) is 37.3 Å². The van der Waals surface area contributed by atoms with Crippen LogP contribution in [0, 0.1) is 14.9 Å². The standard InChI is InChI=1S/C15H13IN2O2/c1-3-12-14(16)13(11(8-17)15(19)18-12)9-4-6-10(20-2)7-5-9/h4-7H,3H2,1-2H3,(H,18,19). The number of nitriles is 1. The lowest BCUT2D eigenvalue weighted by atomic mass is 10.0. The van der Waals surface area contributed by atoms with Gasteiger partial charge in [0.15, 0.2) is 0 Å². The molecule has 0 aliphatic carbocycles. The minimum Gasteiger partial charge on any atom is -0.497 e. The zero-order chi connectivity index (χ0) is 14.7. The molecule has 1 heterocycles. The summed E-state index contributed by atoms with van der Waals surface area (Å²) >= 11 is 2.18. The first-order chi connectivity index (χ1) is 9.62. The summed E-state index contributed by atoms with van der Waals surface area (Å²) in [7, 11) is 1.60. The molecule has 1 aromatic heterocycles. The Morgan fingerprint density at radius 2 is 2.00 bits per heavy atom. The second-order valence-corrected chi connectivity index (χ2v) is 5.27. The number of pyridine rings is 1. The van der Waals surface area contributed by atoms with Crippen LogP contribution in [0.25, 0.3) is 11.1 Å². The number of nitrogens with one attached hydrogen (secondary N) is 1. The van der Waals surface area contributed by atoms with Gasteiger partial charge in [-0.25, -0.2) is 0 Å². The summed E-state index contributed by atoms with van der Waals surface area (Å²) in [5.41, 5.74) is 2.19. The summed E-state index contributed by atoms with van der Waals surface area (Å²) in [5.74, 6) is 0.739. The van der Waals surface area contributed by atoms with Crippen molar-refractivity contribution in [3.8, 4) is 22.9 Å². The fourth-order valence-corrected chi connectivity index (χ4v) is 3.10. The monoisotopic (exact) mass is 380 g/mol. The molecule has 0 unspecified atom stereocenters. The van der Waals surface area contributed by atoms with Gasteiger partial charge >= 0.3 is 0 Å². The van der Waals surface area contributed by atoms with Gasteiger partial charge in [0.1, 0.15) is 17.4 Å². The fourth-order valence-electron chi connectivity index (χ4n) is 2.01. The molecule has 0 amide bonds. The van der Waals surface area contributed by atoms with E-state index in [-0.39, 0.29) is 11.1 Å². The Balaban J connectivity index is 2.74. The van der Waals surface area contributed by atoms with Crippen LogP contribution in [0.4, 0.5) is 0 Å². The molecule has 102 valence electrons. The van der Waals surface area contributed by atoms with Crippen LogP contribution < -0.4 is 10.3 Å². The Morgan fingerprint density at radius 3 is 2.50 bits per heavy atom. The van der Waals surface area contributed by atoms with Gasteiger partial charge in [-0.05, 0) is 46.7 Å². The van der Waals surface area contributed by atoms with Crippen LogP contribution in [0.15, 0.2) is 29.1 Å². The maximum absolute atomic E-state index is 12.0. The van der Waals surface area contributed by atoms with E-state index >= 15 is 0 Å². The molecule has 0 atom stereocenters. The SMILES string of the molecule is CCc1[nH]c(=O)c(C#N)c(-c2ccc(OC)cc2)c1I. The zero-order valence-corrected chi connectivity index (χ0v) is 13.3. The van der Waals surface area contributed by atoms with Gasteiger partial charge in [-0.3, -0.25) is 4.79 Å². The predicted molar refractivity (Wildman–Crippen MR) is 85.9 cm³/mol. The van der Waals surface area contributed by atoms with Crippen molar-refractivity contribution in [1.29, 1.82) is 5.26 Å². The lowest BCUT2D eigenvalue weighted by Crippen LogP contribution is -2.16. The molecule has 5 heteroatoms. The minimum atomic E-state index is -0.337. The van der Waals surface area contributed by atoms with Crippen LogP contribution in [0.1, 0.15) is 18.2 Å². The minimum absolute atomic E-state index is 0.150. The fraction of sp³-hybridized carbons (Fsp3) is 0.200. The van der Waals surface area contributed by atoms with Gasteiger partial charge in [0.05, 0.1) is 7.11 Å². The Bertz CT molecular complexity index is 727. The number of hydrogen-bond donors (Lipinski definition) is 1. The highest BCUT2D eigenvalue weighted by Crippen LogP contribution is 2.30. The van der Waals surface area contributed by atoms with Gasteiger partial charge in [-0.1, -0.05) is 19.1 Å². The molecule has 20 heavy (non-hydrogen) atoms. The zero-order valence-electron chi connectivity index (χ0n) is 11.2. The van der Waals surface area contributed by atoms with E-state index in [9.17, 15) is 10.1 Å². The Kier molecular flexibility index (Phi) is 4.45. The van der Waals surface area contributed by atoms with Crippen LogP contribution in [0.2, 0.25) is 0 Å². The van der Waals surface area contributed by atoms with Gasteiger partial charge in [0, 0.05) is 14.8 Å². The van der Waals surface area contributed by atoms with Crippen molar-refractivity contribution >= 4 is 22.6 Å². The maximum atomic E-state index is 12.0. The smallest absolute Gasteiger partial charge is 0.266 e. The van der Waals surface area contributed by atoms with E-state index in [1.165, 1.54) is 0 Å². The molecule has 0 saturated carbocycles. The van der Waals surface area contributed by atoms with Crippen LogP contribution in [0.5, 0.6) is 5.75 Å². The Hall–Kier alpha value is -1.81. The molecule has 2 rings (SSSR count). The highest BCUT2D eigenvalue weighted by Gasteiger charge is 2.16. The van der Waals surface area contributed by atoms with Crippen LogP contribution >= 0.6 is 22.6 Å². The average Bonchev–Trinajstić information content (AvgIpc) is 2.48. The number of halogens is 1. The van der Waals surface area contributed by atoms with E-state index in [4.69, 9.17) is 4.74 Å². The van der Waals surface area contributed by atoms with E-state index in [0.29, 0.717) is 12.0 Å². The number of ether oxygens (including phenoxy) is 1. The third kappa shape index (κ3) is 2.56. The van der Waals surface area contributed by atoms with Gasteiger partial charge in [0.25, 0.3) is 5.56 Å². The number of benzene rings is 1. The molecule has 2 aromatic rings. The summed E-state index contributed by atoms with van der Waals surface area (Å²) in [6.45, 7) is 1.97. The molecule has 4 nitrogen and oxygen atoms in total. The number of aromatic amines is 1. The number of methoxy groups -OCH3 is 1. The van der Waals surface area contributed by atoms with E-state index in [2.05, 4.69) is 27.6 Å². The summed E-state index contributed by atoms with van der Waals surface area (Å²) in [6, 6.07) is 9.36. The van der Waals surface area contributed by atoms with Crippen molar-refractivity contribution in [2.45, 2.75) is 13.3 Å². The summed E-state index contributed by atoms with van der Waals surface area (Å²) in [5, 5.41) is 9.25. The van der Waals surface area contributed by atoms with Crippen molar-refractivity contribution in [1.82, 2.24) is 4.98 Å². The lowest BCUT2D eigenvalue weighted by Gasteiger charge is -2.11. The molecular weight excluding hydrogens is 367 g/mol. The third-order valence-corrected chi connectivity index (χ3v) is 4.26. The Morgan fingerprint density at radius 1 is 1.35 bits per heavy atom. The average molecular weight is 380 g/mol. The van der Waals surface area contributed by atoms with Crippen molar-refractivity contribution < 1.29 is 4.74 Å². The molecule has 0 saturated heterocycles. The van der Waals surface area contributed by atoms with Crippen LogP contribution in [-0.2, 0) is 6.42 Å². The third-order valence-electron chi connectivity index (χ3n) is 3.07. The molecule has 1 N–H and O–H groups in total. The molecular formula is C15H13IN2O2. The van der Waals surface area contributed by atoms with E-state index in [1.54, 1.807) is 7.11 Å². The predicted octanol–water partition coefficient (Wildman–Crippen LogP) is 3.09. The van der Waals surface area contributed by atoms with Crippen LogP contribution in [0.3, 0.4) is 0 Å². The van der Waals surface area contributed by atoms with Gasteiger partial charge in [-0.2, -0.15) is 5.26 Å². The van der Waals surface area contributed by atoms with E-state index < -0.39 is 0 Å². The van der Waals surface area contributed by atoms with Gasteiger partial charge < -0.3 is 9.72 Å². The van der Waals surface area contributed by atoms with Crippen molar-refractivity contribution in [3.05, 3.63) is 49.4 Å². The van der Waals surface area contributed by atoms with Crippen molar-refractivity contribution in [2.24, 2.45) is 0 Å². The normalized spacial score (nSPS) is 10.1. The number of hydrogen-bond acceptors (Lipinski definition) is 3. The molecule has 0 spiro atoms. The quantitative estimate of drug-likeness (QED) is 0.833. The first-order valence-electron chi connectivity index (χ1n) is 6.11. The number of aryl methyl sites for hydroxylation is 1. The first-order valence-corrected chi connectivity index (χ1v) is 7.19.